The van der Waals surface area contributed by atoms with Gasteiger partial charge in [-0.05, 0) is 31.5 Å². The van der Waals surface area contributed by atoms with Crippen molar-refractivity contribution in [2.45, 2.75) is 20.4 Å². The Morgan fingerprint density at radius 1 is 1.48 bits per heavy atom. The van der Waals surface area contributed by atoms with E-state index in [9.17, 15) is 4.79 Å². The van der Waals surface area contributed by atoms with Crippen molar-refractivity contribution in [1.82, 2.24) is 4.90 Å². The fourth-order valence-electron chi connectivity index (χ4n) is 1.93. The highest BCUT2D eigenvalue weighted by molar-refractivity contribution is 7.14. The second-order valence-electron chi connectivity index (χ2n) is 4.79. The summed E-state index contributed by atoms with van der Waals surface area (Å²) >= 11 is 1.41. The van der Waals surface area contributed by atoms with Gasteiger partial charge in [-0.2, -0.15) is 0 Å². The van der Waals surface area contributed by atoms with E-state index >= 15 is 0 Å². The van der Waals surface area contributed by atoms with Gasteiger partial charge in [0.05, 0.1) is 22.6 Å². The molecule has 0 radical (unpaired) electrons. The number of nitrogens with two attached hydrogens (primary N) is 1. The molecule has 0 spiro atoms. The molecule has 2 N–H and O–H groups in total. The maximum Gasteiger partial charge on any atom is 0.264 e. The molecule has 21 heavy (non-hydrogen) atoms. The van der Waals surface area contributed by atoms with E-state index in [1.165, 1.54) is 11.3 Å². The Bertz CT molecular complexity index is 703. The second-order valence-corrected chi connectivity index (χ2v) is 5.84. The third-order valence-corrected chi connectivity index (χ3v) is 4.29. The Morgan fingerprint density at radius 2 is 2.24 bits per heavy atom. The van der Waals surface area contributed by atoms with Gasteiger partial charge >= 0.3 is 0 Å². The van der Waals surface area contributed by atoms with E-state index in [-0.39, 0.29) is 5.91 Å². The molecule has 0 saturated carbocycles. The molecule has 0 aliphatic heterocycles. The van der Waals surface area contributed by atoms with Gasteiger partial charge in [0.25, 0.3) is 5.91 Å². The van der Waals surface area contributed by atoms with Crippen molar-refractivity contribution >= 4 is 17.2 Å². The van der Waals surface area contributed by atoms with Crippen molar-refractivity contribution < 1.29 is 9.21 Å². The highest BCUT2D eigenvalue weighted by Crippen LogP contribution is 2.23. The monoisotopic (exact) mass is 302 g/mol. The van der Waals surface area contributed by atoms with Gasteiger partial charge in [-0.1, -0.05) is 11.8 Å². The summed E-state index contributed by atoms with van der Waals surface area (Å²) in [6, 6.07) is 3.77. The predicted octanol–water partition coefficient (Wildman–Crippen LogP) is 2.54. The van der Waals surface area contributed by atoms with E-state index in [0.29, 0.717) is 18.0 Å². The molecule has 0 saturated heterocycles. The molecule has 0 aromatic carbocycles. The molecule has 2 aromatic rings. The lowest BCUT2D eigenvalue weighted by Crippen LogP contribution is -2.25. The number of amides is 1. The molecule has 1 amide bonds. The lowest BCUT2D eigenvalue weighted by Gasteiger charge is -2.15. The van der Waals surface area contributed by atoms with Crippen molar-refractivity contribution in [2.24, 2.45) is 5.73 Å². The standard InChI is InChI=1S/C16H18N2O2S/c1-11-9-15(21-14(11)5-4-7-17)16(19)18(3)10-13-6-8-20-12(13)2/h6,8-9H,7,10,17H2,1-3H3. The van der Waals surface area contributed by atoms with Crippen LogP contribution in [0.3, 0.4) is 0 Å². The molecule has 2 aromatic heterocycles. The summed E-state index contributed by atoms with van der Waals surface area (Å²) in [6.07, 6.45) is 1.64. The normalized spacial score (nSPS) is 10.1. The first-order valence-electron chi connectivity index (χ1n) is 6.60. The summed E-state index contributed by atoms with van der Waals surface area (Å²) < 4.78 is 5.25. The quantitative estimate of drug-likeness (QED) is 0.886. The number of hydrogen-bond acceptors (Lipinski definition) is 4. The fraction of sp³-hybridized carbons (Fsp3) is 0.312. The number of carbonyl (C=O) groups excluding carboxylic acids is 1. The minimum absolute atomic E-state index is 0.00972. The van der Waals surface area contributed by atoms with Crippen molar-refractivity contribution in [3.8, 4) is 11.8 Å². The number of thiophene rings is 1. The number of furan rings is 1. The minimum atomic E-state index is -0.00972. The molecule has 0 fully saturated rings. The van der Waals surface area contributed by atoms with Crippen LogP contribution in [0.1, 0.15) is 31.4 Å². The van der Waals surface area contributed by atoms with Gasteiger partial charge in [0.2, 0.25) is 0 Å². The average molecular weight is 302 g/mol. The Kier molecular flexibility index (Phi) is 4.84. The van der Waals surface area contributed by atoms with E-state index < -0.39 is 0 Å². The van der Waals surface area contributed by atoms with Crippen LogP contribution in [0.15, 0.2) is 22.8 Å². The zero-order chi connectivity index (χ0) is 15.4. The van der Waals surface area contributed by atoms with Gasteiger partial charge in [0, 0.05) is 19.2 Å². The van der Waals surface area contributed by atoms with Crippen LogP contribution in [0.4, 0.5) is 0 Å². The third-order valence-electron chi connectivity index (χ3n) is 3.15. The largest absolute Gasteiger partial charge is 0.469 e. The Balaban J connectivity index is 2.14. The number of nitrogens with zero attached hydrogens (tertiary/aromatic N) is 1. The minimum Gasteiger partial charge on any atom is -0.469 e. The maximum atomic E-state index is 12.5. The maximum absolute atomic E-state index is 12.5. The van der Waals surface area contributed by atoms with Gasteiger partial charge in [-0.3, -0.25) is 4.79 Å². The SMILES string of the molecule is Cc1cc(C(=O)N(C)Cc2ccoc2C)sc1C#CCN. The number of hydrogen-bond donors (Lipinski definition) is 1. The highest BCUT2D eigenvalue weighted by Gasteiger charge is 2.17. The van der Waals surface area contributed by atoms with Crippen LogP contribution in [0.2, 0.25) is 0 Å². The summed E-state index contributed by atoms with van der Waals surface area (Å²) in [5, 5.41) is 0. The van der Waals surface area contributed by atoms with Gasteiger partial charge in [0.15, 0.2) is 0 Å². The van der Waals surface area contributed by atoms with Crippen LogP contribution in [-0.2, 0) is 6.54 Å². The van der Waals surface area contributed by atoms with Gasteiger partial charge in [-0.15, -0.1) is 11.3 Å². The molecular weight excluding hydrogens is 284 g/mol. The molecular formula is C16H18N2O2S. The summed E-state index contributed by atoms with van der Waals surface area (Å²) in [4.78, 5) is 15.7. The van der Waals surface area contributed by atoms with E-state index in [0.717, 1.165) is 21.8 Å². The molecule has 4 nitrogen and oxygen atoms in total. The topological polar surface area (TPSA) is 59.5 Å². The first-order chi connectivity index (χ1) is 10.0. The van der Waals surface area contributed by atoms with Crippen molar-refractivity contribution in [3.05, 3.63) is 45.0 Å². The van der Waals surface area contributed by atoms with E-state index in [1.54, 1.807) is 18.2 Å². The van der Waals surface area contributed by atoms with Crippen molar-refractivity contribution in [2.75, 3.05) is 13.6 Å². The van der Waals surface area contributed by atoms with Crippen LogP contribution in [-0.4, -0.2) is 24.4 Å². The summed E-state index contributed by atoms with van der Waals surface area (Å²) in [6.45, 7) is 4.69. The molecule has 0 bridgehead atoms. The lowest BCUT2D eigenvalue weighted by atomic mass is 10.2. The zero-order valence-electron chi connectivity index (χ0n) is 12.4. The van der Waals surface area contributed by atoms with Crippen molar-refractivity contribution in [1.29, 1.82) is 0 Å². The summed E-state index contributed by atoms with van der Waals surface area (Å²) in [5.74, 6) is 6.65. The fourth-order valence-corrected chi connectivity index (χ4v) is 2.98. The molecule has 0 aliphatic rings. The first-order valence-corrected chi connectivity index (χ1v) is 7.42. The van der Waals surface area contributed by atoms with Crippen LogP contribution in [0.5, 0.6) is 0 Å². The summed E-state index contributed by atoms with van der Waals surface area (Å²) in [7, 11) is 1.79. The number of carbonyl (C=O) groups is 1. The lowest BCUT2D eigenvalue weighted by molar-refractivity contribution is 0.0789. The smallest absolute Gasteiger partial charge is 0.264 e. The van der Waals surface area contributed by atoms with Gasteiger partial charge in [0.1, 0.15) is 5.76 Å². The second kappa shape index (κ2) is 6.61. The molecule has 5 heteroatoms. The Labute approximate surface area is 128 Å². The van der Waals surface area contributed by atoms with Gasteiger partial charge < -0.3 is 15.1 Å². The van der Waals surface area contributed by atoms with E-state index in [2.05, 4.69) is 11.8 Å². The molecule has 110 valence electrons. The number of aryl methyl sites for hydroxylation is 2. The van der Waals surface area contributed by atoms with Crippen LogP contribution in [0, 0.1) is 25.7 Å². The molecule has 2 rings (SSSR count). The van der Waals surface area contributed by atoms with Crippen LogP contribution in [0.25, 0.3) is 0 Å². The van der Waals surface area contributed by atoms with Crippen LogP contribution < -0.4 is 5.73 Å². The van der Waals surface area contributed by atoms with Crippen LogP contribution >= 0.6 is 11.3 Å². The van der Waals surface area contributed by atoms with E-state index in [4.69, 9.17) is 10.2 Å². The molecule has 0 unspecified atom stereocenters. The summed E-state index contributed by atoms with van der Waals surface area (Å²) in [5.41, 5.74) is 7.41. The highest BCUT2D eigenvalue weighted by atomic mass is 32.1. The average Bonchev–Trinajstić information content (AvgIpc) is 3.02. The zero-order valence-corrected chi connectivity index (χ0v) is 13.2. The predicted molar refractivity (Wildman–Crippen MR) is 84.2 cm³/mol. The third kappa shape index (κ3) is 3.54. The molecule has 0 atom stereocenters. The number of rotatable bonds is 3. The Hall–Kier alpha value is -2.03. The molecule has 0 aliphatic carbocycles. The first kappa shape index (κ1) is 15.4. The van der Waals surface area contributed by atoms with E-state index in [1.807, 2.05) is 26.0 Å². The van der Waals surface area contributed by atoms with Crippen molar-refractivity contribution in [3.63, 3.8) is 0 Å². The molecule has 2 heterocycles. The Morgan fingerprint density at radius 3 is 2.86 bits per heavy atom. The van der Waals surface area contributed by atoms with Gasteiger partial charge in [-0.25, -0.2) is 0 Å².